The highest BCUT2D eigenvalue weighted by atomic mass is 14.7. The number of nitrogens with two attached hydrogens (primary N) is 1. The molecule has 2 N–H and O–H groups in total. The van der Waals surface area contributed by atoms with E-state index in [0.717, 1.165) is 12.8 Å². The first-order valence-corrected chi connectivity index (χ1v) is 7.15. The minimum absolute atomic E-state index is 0.0679. The molecule has 100 valence electrons. The first kappa shape index (κ1) is 13.8. The summed E-state index contributed by atoms with van der Waals surface area (Å²) < 4.78 is 0. The van der Waals surface area contributed by atoms with E-state index >= 15 is 0 Å². The molecule has 19 heavy (non-hydrogen) atoms. The summed E-state index contributed by atoms with van der Waals surface area (Å²) in [6.45, 7) is 4.38. The Hall–Kier alpha value is -1.60. The minimum atomic E-state index is 0.0679. The third-order valence-corrected chi connectivity index (χ3v) is 3.87. The summed E-state index contributed by atoms with van der Waals surface area (Å²) in [7, 11) is 0. The second-order valence-corrected chi connectivity index (χ2v) is 5.05. The second-order valence-electron chi connectivity index (χ2n) is 5.05. The van der Waals surface area contributed by atoms with Gasteiger partial charge in [-0.3, -0.25) is 0 Å². The average Bonchev–Trinajstić information content (AvgIpc) is 2.49. The molecular weight excluding hydrogens is 230 g/mol. The molecule has 0 aromatic heterocycles. The van der Waals surface area contributed by atoms with E-state index in [1.807, 2.05) is 0 Å². The molecule has 1 nitrogen and oxygen atoms in total. The van der Waals surface area contributed by atoms with Crippen molar-refractivity contribution in [1.29, 1.82) is 0 Å². The number of aryl methyl sites for hydroxylation is 1. The summed E-state index contributed by atoms with van der Waals surface area (Å²) in [5, 5.41) is 0. The number of benzene rings is 2. The molecule has 0 saturated carbocycles. The van der Waals surface area contributed by atoms with Crippen LogP contribution in [0, 0.1) is 0 Å². The summed E-state index contributed by atoms with van der Waals surface area (Å²) in [4.78, 5) is 0. The molecule has 0 aliphatic rings. The van der Waals surface area contributed by atoms with E-state index in [1.165, 1.54) is 16.7 Å². The van der Waals surface area contributed by atoms with Gasteiger partial charge in [-0.15, -0.1) is 0 Å². The fourth-order valence-corrected chi connectivity index (χ4v) is 2.61. The fourth-order valence-electron chi connectivity index (χ4n) is 2.61. The van der Waals surface area contributed by atoms with Gasteiger partial charge in [0, 0.05) is 12.0 Å². The predicted molar refractivity (Wildman–Crippen MR) is 82.2 cm³/mol. The third-order valence-electron chi connectivity index (χ3n) is 3.87. The van der Waals surface area contributed by atoms with E-state index in [9.17, 15) is 0 Å². The summed E-state index contributed by atoms with van der Waals surface area (Å²) in [6.07, 6.45) is 2.13. The van der Waals surface area contributed by atoms with Gasteiger partial charge >= 0.3 is 0 Å². The summed E-state index contributed by atoms with van der Waals surface area (Å²) >= 11 is 0. The molecule has 0 amide bonds. The van der Waals surface area contributed by atoms with E-state index in [4.69, 9.17) is 5.73 Å². The molecular formula is C18H23N. The maximum Gasteiger partial charge on any atom is 0.0364 e. The van der Waals surface area contributed by atoms with Gasteiger partial charge in [0.25, 0.3) is 0 Å². The number of rotatable bonds is 5. The summed E-state index contributed by atoms with van der Waals surface area (Å²) in [5.74, 6) is 0.383. The summed E-state index contributed by atoms with van der Waals surface area (Å²) in [6, 6.07) is 19.4. The van der Waals surface area contributed by atoms with Gasteiger partial charge in [0.2, 0.25) is 0 Å². The quantitative estimate of drug-likeness (QED) is 0.837. The fraction of sp³-hybridized carbons (Fsp3) is 0.333. The van der Waals surface area contributed by atoms with Crippen LogP contribution in [0.25, 0.3) is 0 Å². The Bertz CT molecular complexity index is 487. The highest BCUT2D eigenvalue weighted by Crippen LogP contribution is 2.31. The largest absolute Gasteiger partial charge is 0.323 e. The number of hydrogen-bond acceptors (Lipinski definition) is 1. The molecule has 0 aliphatic carbocycles. The molecule has 0 saturated heterocycles. The van der Waals surface area contributed by atoms with Crippen LogP contribution < -0.4 is 5.73 Å². The van der Waals surface area contributed by atoms with Crippen LogP contribution >= 0.6 is 0 Å². The molecule has 0 radical (unpaired) electrons. The minimum Gasteiger partial charge on any atom is -0.323 e. The van der Waals surface area contributed by atoms with Gasteiger partial charge in [-0.05, 0) is 29.5 Å². The van der Waals surface area contributed by atoms with Crippen LogP contribution in [0.1, 0.15) is 48.9 Å². The van der Waals surface area contributed by atoms with Crippen molar-refractivity contribution >= 4 is 0 Å². The van der Waals surface area contributed by atoms with Crippen molar-refractivity contribution in [3.63, 3.8) is 0 Å². The molecule has 2 atom stereocenters. The van der Waals surface area contributed by atoms with E-state index in [2.05, 4.69) is 68.4 Å². The van der Waals surface area contributed by atoms with Gasteiger partial charge < -0.3 is 5.73 Å². The first-order chi connectivity index (χ1) is 9.26. The highest BCUT2D eigenvalue weighted by molar-refractivity contribution is 5.30. The zero-order chi connectivity index (χ0) is 13.7. The molecule has 0 heterocycles. The normalized spacial score (nSPS) is 14.1. The van der Waals surface area contributed by atoms with Gasteiger partial charge in [0.1, 0.15) is 0 Å². The average molecular weight is 253 g/mol. The Balaban J connectivity index is 2.22. The molecule has 0 aliphatic heterocycles. The third kappa shape index (κ3) is 3.24. The van der Waals surface area contributed by atoms with Gasteiger partial charge in [-0.25, -0.2) is 0 Å². The predicted octanol–water partition coefficient (Wildman–Crippen LogP) is 4.44. The lowest BCUT2D eigenvalue weighted by molar-refractivity contribution is 0.539. The highest BCUT2D eigenvalue weighted by Gasteiger charge is 2.19. The van der Waals surface area contributed by atoms with Crippen LogP contribution in [0.5, 0.6) is 0 Å². The van der Waals surface area contributed by atoms with Crippen molar-refractivity contribution in [2.24, 2.45) is 5.73 Å². The molecule has 2 rings (SSSR count). The van der Waals surface area contributed by atoms with Crippen molar-refractivity contribution in [1.82, 2.24) is 0 Å². The van der Waals surface area contributed by atoms with E-state index in [-0.39, 0.29) is 6.04 Å². The van der Waals surface area contributed by atoms with E-state index < -0.39 is 0 Å². The maximum absolute atomic E-state index is 6.47. The van der Waals surface area contributed by atoms with Crippen LogP contribution in [-0.2, 0) is 6.42 Å². The van der Waals surface area contributed by atoms with Crippen molar-refractivity contribution in [3.8, 4) is 0 Å². The van der Waals surface area contributed by atoms with Gasteiger partial charge in [0.05, 0.1) is 0 Å². The number of hydrogen-bond donors (Lipinski definition) is 1. The SMILES string of the molecule is CCc1ccc(C(N)C(CC)c2ccccc2)cc1. The molecule has 0 bridgehead atoms. The van der Waals surface area contributed by atoms with E-state index in [0.29, 0.717) is 5.92 Å². The molecule has 2 aromatic rings. The van der Waals surface area contributed by atoms with Gasteiger partial charge in [-0.1, -0.05) is 68.4 Å². The lowest BCUT2D eigenvalue weighted by Crippen LogP contribution is -2.19. The zero-order valence-electron chi connectivity index (χ0n) is 11.8. The van der Waals surface area contributed by atoms with Crippen molar-refractivity contribution < 1.29 is 0 Å². The van der Waals surface area contributed by atoms with Crippen LogP contribution in [0.4, 0.5) is 0 Å². The Morgan fingerprint density at radius 1 is 0.842 bits per heavy atom. The lowest BCUT2D eigenvalue weighted by atomic mass is 9.85. The Labute approximate surface area is 116 Å². The first-order valence-electron chi connectivity index (χ1n) is 7.15. The molecule has 1 heteroatoms. The standard InChI is InChI=1S/C18H23N/c1-3-14-10-12-16(13-11-14)18(19)17(4-2)15-8-6-5-7-9-15/h5-13,17-18H,3-4,19H2,1-2H3. The van der Waals surface area contributed by atoms with Crippen LogP contribution in [-0.4, -0.2) is 0 Å². The van der Waals surface area contributed by atoms with Gasteiger partial charge in [0.15, 0.2) is 0 Å². The molecule has 0 fully saturated rings. The van der Waals surface area contributed by atoms with Crippen LogP contribution in [0.3, 0.4) is 0 Å². The van der Waals surface area contributed by atoms with Crippen molar-refractivity contribution in [2.75, 3.05) is 0 Å². The lowest BCUT2D eigenvalue weighted by Gasteiger charge is -2.23. The van der Waals surface area contributed by atoms with Crippen LogP contribution in [0.2, 0.25) is 0 Å². The topological polar surface area (TPSA) is 26.0 Å². The monoisotopic (exact) mass is 253 g/mol. The zero-order valence-corrected chi connectivity index (χ0v) is 11.8. The van der Waals surface area contributed by atoms with Crippen LogP contribution in [0.15, 0.2) is 54.6 Å². The second kappa shape index (κ2) is 6.53. The Morgan fingerprint density at radius 3 is 2.00 bits per heavy atom. The van der Waals surface area contributed by atoms with E-state index in [1.54, 1.807) is 0 Å². The van der Waals surface area contributed by atoms with Gasteiger partial charge in [-0.2, -0.15) is 0 Å². The molecule has 0 spiro atoms. The molecule has 2 unspecified atom stereocenters. The summed E-state index contributed by atoms with van der Waals surface area (Å²) in [5.41, 5.74) is 10.4. The van der Waals surface area contributed by atoms with Crippen molar-refractivity contribution in [2.45, 2.75) is 38.6 Å². The Morgan fingerprint density at radius 2 is 1.47 bits per heavy atom. The maximum atomic E-state index is 6.47. The van der Waals surface area contributed by atoms with Crippen molar-refractivity contribution in [3.05, 3.63) is 71.3 Å². The Kier molecular flexibility index (Phi) is 4.75. The molecule has 2 aromatic carbocycles. The smallest absolute Gasteiger partial charge is 0.0364 e.